The van der Waals surface area contributed by atoms with Crippen molar-refractivity contribution < 1.29 is 19.4 Å². The molecule has 0 saturated carbocycles. The molecule has 2 aromatic carbocycles. The van der Waals surface area contributed by atoms with Crippen LogP contribution >= 0.6 is 0 Å². The van der Waals surface area contributed by atoms with Crippen molar-refractivity contribution in [2.75, 3.05) is 32.8 Å². The van der Waals surface area contributed by atoms with Gasteiger partial charge in [0, 0.05) is 19.0 Å². The zero-order valence-corrected chi connectivity index (χ0v) is 15.9. The fourth-order valence-electron chi connectivity index (χ4n) is 4.28. The summed E-state index contributed by atoms with van der Waals surface area (Å²) < 4.78 is 5.65. The summed E-state index contributed by atoms with van der Waals surface area (Å²) >= 11 is 0. The third-order valence-electron chi connectivity index (χ3n) is 5.78. The molecule has 1 amide bonds. The molecule has 1 unspecified atom stereocenters. The second-order valence-corrected chi connectivity index (χ2v) is 7.23. The fraction of sp³-hybridized carbons (Fsp3) is 0.364. The van der Waals surface area contributed by atoms with E-state index in [0.29, 0.717) is 19.6 Å². The smallest absolute Gasteiger partial charge is 0.409 e. The van der Waals surface area contributed by atoms with E-state index in [1.165, 1.54) is 16.0 Å². The van der Waals surface area contributed by atoms with E-state index in [9.17, 15) is 14.7 Å². The van der Waals surface area contributed by atoms with E-state index < -0.39 is 18.1 Å². The van der Waals surface area contributed by atoms with Gasteiger partial charge in [-0.25, -0.2) is 4.79 Å². The molecule has 0 radical (unpaired) electrons. The summed E-state index contributed by atoms with van der Waals surface area (Å²) in [6, 6.07) is 15.7. The summed E-state index contributed by atoms with van der Waals surface area (Å²) in [5.74, 6) is -0.901. The molecule has 6 heteroatoms. The van der Waals surface area contributed by atoms with E-state index in [1.807, 2.05) is 36.1 Å². The summed E-state index contributed by atoms with van der Waals surface area (Å²) in [6.07, 6.45) is -0.441. The first-order chi connectivity index (χ1) is 13.6. The molecule has 0 aromatic heterocycles. The standard InChI is InChI=1S/C22H24N2O4/c1-2-23-11-12-24(13-20(23)21(25)26)22(27)28-14-19-17-9-5-3-7-15(17)16-8-4-6-10-18(16)19/h3-10,19-20H,2,11-14H2,1H3,(H,25,26). The number of ether oxygens (including phenoxy) is 1. The highest BCUT2D eigenvalue weighted by molar-refractivity contribution is 5.79. The Hall–Kier alpha value is -2.86. The van der Waals surface area contributed by atoms with Crippen LogP contribution < -0.4 is 0 Å². The Morgan fingerprint density at radius 2 is 1.64 bits per heavy atom. The lowest BCUT2D eigenvalue weighted by Gasteiger charge is -2.38. The zero-order chi connectivity index (χ0) is 19.7. The number of aliphatic carboxylic acids is 1. The van der Waals surface area contributed by atoms with Gasteiger partial charge in [0.2, 0.25) is 0 Å². The molecule has 0 bridgehead atoms. The van der Waals surface area contributed by atoms with Crippen molar-refractivity contribution in [1.29, 1.82) is 0 Å². The first-order valence-electron chi connectivity index (χ1n) is 9.67. The van der Waals surface area contributed by atoms with Gasteiger partial charge >= 0.3 is 12.1 Å². The number of hydrogen-bond donors (Lipinski definition) is 1. The van der Waals surface area contributed by atoms with Crippen LogP contribution in [0.4, 0.5) is 4.79 Å². The van der Waals surface area contributed by atoms with Gasteiger partial charge in [-0.15, -0.1) is 0 Å². The number of carboxylic acid groups (broad SMARTS) is 1. The topological polar surface area (TPSA) is 70.1 Å². The molecule has 1 aliphatic heterocycles. The molecule has 1 N–H and O–H groups in total. The normalized spacial score (nSPS) is 19.2. The molecular weight excluding hydrogens is 356 g/mol. The van der Waals surface area contributed by atoms with Gasteiger partial charge in [-0.1, -0.05) is 55.5 Å². The number of nitrogens with zero attached hydrogens (tertiary/aromatic N) is 2. The van der Waals surface area contributed by atoms with E-state index in [2.05, 4.69) is 24.3 Å². The van der Waals surface area contributed by atoms with Crippen LogP contribution in [0.1, 0.15) is 24.0 Å². The van der Waals surface area contributed by atoms with Crippen LogP contribution in [0.3, 0.4) is 0 Å². The second-order valence-electron chi connectivity index (χ2n) is 7.23. The van der Waals surface area contributed by atoms with Crippen LogP contribution in [0, 0.1) is 0 Å². The predicted octanol–water partition coefficient (Wildman–Crippen LogP) is 3.03. The van der Waals surface area contributed by atoms with E-state index in [0.717, 1.165) is 11.1 Å². The van der Waals surface area contributed by atoms with Gasteiger partial charge in [0.15, 0.2) is 0 Å². The molecule has 146 valence electrons. The summed E-state index contributed by atoms with van der Waals surface area (Å²) in [5.41, 5.74) is 4.69. The van der Waals surface area contributed by atoms with Crippen LogP contribution in [-0.2, 0) is 9.53 Å². The average molecular weight is 380 g/mol. The highest BCUT2D eigenvalue weighted by Gasteiger charge is 2.35. The maximum Gasteiger partial charge on any atom is 0.409 e. The van der Waals surface area contributed by atoms with Gasteiger partial charge in [-0.3, -0.25) is 9.69 Å². The Bertz CT molecular complexity index is 852. The minimum absolute atomic E-state index is 0.00329. The molecule has 1 saturated heterocycles. The van der Waals surface area contributed by atoms with Crippen LogP contribution in [0.5, 0.6) is 0 Å². The average Bonchev–Trinajstić information content (AvgIpc) is 3.05. The summed E-state index contributed by atoms with van der Waals surface area (Å²) in [7, 11) is 0. The van der Waals surface area contributed by atoms with Crippen molar-refractivity contribution in [3.05, 3.63) is 59.7 Å². The van der Waals surface area contributed by atoms with Crippen molar-refractivity contribution in [3.63, 3.8) is 0 Å². The molecule has 1 fully saturated rings. The number of amides is 1. The number of likely N-dealkylation sites (N-methyl/N-ethyl adjacent to an activating group) is 1. The van der Waals surface area contributed by atoms with Crippen molar-refractivity contribution in [2.45, 2.75) is 18.9 Å². The van der Waals surface area contributed by atoms with Gasteiger partial charge in [-0.2, -0.15) is 0 Å². The van der Waals surface area contributed by atoms with Gasteiger partial charge < -0.3 is 14.7 Å². The fourth-order valence-corrected chi connectivity index (χ4v) is 4.28. The Labute approximate surface area is 164 Å². The number of rotatable bonds is 4. The lowest BCUT2D eigenvalue weighted by molar-refractivity contribution is -0.145. The first-order valence-corrected chi connectivity index (χ1v) is 9.67. The molecular formula is C22H24N2O4. The molecule has 4 rings (SSSR count). The molecule has 28 heavy (non-hydrogen) atoms. The van der Waals surface area contributed by atoms with E-state index in [1.54, 1.807) is 0 Å². The van der Waals surface area contributed by atoms with Crippen LogP contribution in [0.15, 0.2) is 48.5 Å². The SMILES string of the molecule is CCN1CCN(C(=O)OCC2c3ccccc3-c3ccccc32)CC1C(=O)O. The predicted molar refractivity (Wildman–Crippen MR) is 105 cm³/mol. The minimum Gasteiger partial charge on any atom is -0.480 e. The van der Waals surface area contributed by atoms with Gasteiger partial charge in [0.1, 0.15) is 12.6 Å². The van der Waals surface area contributed by atoms with E-state index in [4.69, 9.17) is 4.74 Å². The maximum atomic E-state index is 12.6. The number of benzene rings is 2. The van der Waals surface area contributed by atoms with Gasteiger partial charge in [-0.05, 0) is 28.8 Å². The second kappa shape index (κ2) is 7.64. The summed E-state index contributed by atoms with van der Waals surface area (Å²) in [6.45, 7) is 4.00. The quantitative estimate of drug-likeness (QED) is 0.883. The molecule has 1 atom stereocenters. The number of carboxylic acids is 1. The zero-order valence-electron chi connectivity index (χ0n) is 15.9. The molecule has 0 spiro atoms. The van der Waals surface area contributed by atoms with Crippen LogP contribution in [-0.4, -0.2) is 65.8 Å². The highest BCUT2D eigenvalue weighted by atomic mass is 16.6. The summed E-state index contributed by atoms with van der Waals surface area (Å²) in [4.78, 5) is 27.5. The summed E-state index contributed by atoms with van der Waals surface area (Å²) in [5, 5.41) is 9.44. The number of fused-ring (bicyclic) bond motifs is 3. The molecule has 6 nitrogen and oxygen atoms in total. The lowest BCUT2D eigenvalue weighted by atomic mass is 9.98. The Kier molecular flexibility index (Phi) is 5.05. The number of carbonyl (C=O) groups excluding carboxylic acids is 1. The molecule has 2 aliphatic rings. The van der Waals surface area contributed by atoms with Crippen LogP contribution in [0.2, 0.25) is 0 Å². The van der Waals surface area contributed by atoms with Gasteiger partial charge in [0.05, 0.1) is 6.54 Å². The van der Waals surface area contributed by atoms with E-state index >= 15 is 0 Å². The Morgan fingerprint density at radius 3 is 2.21 bits per heavy atom. The van der Waals surface area contributed by atoms with Crippen molar-refractivity contribution in [1.82, 2.24) is 9.80 Å². The maximum absolute atomic E-state index is 12.6. The number of carbonyl (C=O) groups is 2. The van der Waals surface area contributed by atoms with Crippen molar-refractivity contribution in [3.8, 4) is 11.1 Å². The first kappa shape index (κ1) is 18.5. The third kappa shape index (κ3) is 3.24. The lowest BCUT2D eigenvalue weighted by Crippen LogP contribution is -2.57. The number of hydrogen-bond acceptors (Lipinski definition) is 4. The molecule has 1 heterocycles. The van der Waals surface area contributed by atoms with Crippen LogP contribution in [0.25, 0.3) is 11.1 Å². The number of piperazine rings is 1. The highest BCUT2D eigenvalue weighted by Crippen LogP contribution is 2.44. The molecule has 2 aromatic rings. The van der Waals surface area contributed by atoms with E-state index in [-0.39, 0.29) is 19.1 Å². The molecule has 1 aliphatic carbocycles. The third-order valence-corrected chi connectivity index (χ3v) is 5.78. The van der Waals surface area contributed by atoms with Crippen molar-refractivity contribution in [2.24, 2.45) is 0 Å². The minimum atomic E-state index is -0.905. The largest absolute Gasteiger partial charge is 0.480 e. The van der Waals surface area contributed by atoms with Crippen molar-refractivity contribution >= 4 is 12.1 Å². The monoisotopic (exact) mass is 380 g/mol. The Morgan fingerprint density at radius 1 is 1.04 bits per heavy atom. The Balaban J connectivity index is 1.46. The van der Waals surface area contributed by atoms with Gasteiger partial charge in [0.25, 0.3) is 0 Å².